The fourth-order valence-corrected chi connectivity index (χ4v) is 2.68. The van der Waals surface area contributed by atoms with Crippen LogP contribution in [0.3, 0.4) is 0 Å². The minimum Gasteiger partial charge on any atom is -0.493 e. The number of hydrogen-bond donors (Lipinski definition) is 2. The van der Waals surface area contributed by atoms with Crippen LogP contribution in [0.15, 0.2) is 12.1 Å². The van der Waals surface area contributed by atoms with E-state index < -0.39 is 0 Å². The van der Waals surface area contributed by atoms with Crippen molar-refractivity contribution in [3.8, 4) is 17.2 Å². The topological polar surface area (TPSA) is 68.8 Å². The Balaban J connectivity index is 2.07. The second-order valence-electron chi connectivity index (χ2n) is 5.21. The highest BCUT2D eigenvalue weighted by atomic mass is 16.5. The van der Waals surface area contributed by atoms with Gasteiger partial charge in [0.1, 0.15) is 0 Å². The quantitative estimate of drug-likeness (QED) is 0.833. The van der Waals surface area contributed by atoms with Gasteiger partial charge in [-0.2, -0.15) is 0 Å². The lowest BCUT2D eigenvalue weighted by molar-refractivity contribution is -0.123. The Kier molecular flexibility index (Phi) is 5.89. The second kappa shape index (κ2) is 7.89. The first-order valence-corrected chi connectivity index (χ1v) is 7.50. The van der Waals surface area contributed by atoms with E-state index in [0.29, 0.717) is 23.8 Å². The van der Waals surface area contributed by atoms with Crippen LogP contribution in [-0.2, 0) is 11.3 Å². The zero-order chi connectivity index (χ0) is 15.9. The SMILES string of the molecule is COc1ccc(CNC(=O)C2CCCCN2)c(OC)c1OC. The first-order chi connectivity index (χ1) is 10.7. The molecule has 1 atom stereocenters. The maximum Gasteiger partial charge on any atom is 0.237 e. The van der Waals surface area contributed by atoms with Gasteiger partial charge in [-0.25, -0.2) is 0 Å². The molecular formula is C16H24N2O4. The van der Waals surface area contributed by atoms with Crippen molar-refractivity contribution in [1.82, 2.24) is 10.6 Å². The summed E-state index contributed by atoms with van der Waals surface area (Å²) in [6, 6.07) is 3.58. The number of amides is 1. The van der Waals surface area contributed by atoms with Gasteiger partial charge >= 0.3 is 0 Å². The van der Waals surface area contributed by atoms with E-state index in [9.17, 15) is 4.79 Å². The molecule has 1 aromatic rings. The van der Waals surface area contributed by atoms with Crippen molar-refractivity contribution in [3.63, 3.8) is 0 Å². The first-order valence-electron chi connectivity index (χ1n) is 7.50. The van der Waals surface area contributed by atoms with Crippen molar-refractivity contribution in [3.05, 3.63) is 17.7 Å². The molecule has 1 amide bonds. The van der Waals surface area contributed by atoms with Gasteiger partial charge in [0.25, 0.3) is 0 Å². The third-order valence-electron chi connectivity index (χ3n) is 3.87. The Hall–Kier alpha value is -1.95. The molecule has 2 rings (SSSR count). The molecule has 0 bridgehead atoms. The number of rotatable bonds is 6. The van der Waals surface area contributed by atoms with Gasteiger partial charge in [-0.15, -0.1) is 0 Å². The van der Waals surface area contributed by atoms with Crippen LogP contribution in [0.1, 0.15) is 24.8 Å². The summed E-state index contributed by atoms with van der Waals surface area (Å²) < 4.78 is 16.0. The summed E-state index contributed by atoms with van der Waals surface area (Å²) in [6.45, 7) is 1.29. The van der Waals surface area contributed by atoms with Crippen molar-refractivity contribution in [2.45, 2.75) is 31.8 Å². The molecule has 0 spiro atoms. The zero-order valence-corrected chi connectivity index (χ0v) is 13.4. The van der Waals surface area contributed by atoms with Crippen LogP contribution in [0.25, 0.3) is 0 Å². The van der Waals surface area contributed by atoms with Crippen LogP contribution >= 0.6 is 0 Å². The highest BCUT2D eigenvalue weighted by molar-refractivity contribution is 5.81. The Morgan fingerprint density at radius 2 is 1.95 bits per heavy atom. The van der Waals surface area contributed by atoms with Gasteiger partial charge in [0, 0.05) is 12.1 Å². The van der Waals surface area contributed by atoms with Gasteiger partial charge in [0.2, 0.25) is 11.7 Å². The molecule has 0 aliphatic carbocycles. The maximum atomic E-state index is 12.2. The zero-order valence-electron chi connectivity index (χ0n) is 13.4. The minimum atomic E-state index is -0.0973. The molecule has 1 unspecified atom stereocenters. The van der Waals surface area contributed by atoms with E-state index in [1.165, 1.54) is 0 Å². The van der Waals surface area contributed by atoms with Gasteiger partial charge in [-0.3, -0.25) is 4.79 Å². The monoisotopic (exact) mass is 308 g/mol. The summed E-state index contributed by atoms with van der Waals surface area (Å²) in [5.41, 5.74) is 0.851. The van der Waals surface area contributed by atoms with Gasteiger partial charge in [-0.05, 0) is 31.5 Å². The maximum absolute atomic E-state index is 12.2. The van der Waals surface area contributed by atoms with Crippen LogP contribution in [-0.4, -0.2) is 39.8 Å². The second-order valence-corrected chi connectivity index (χ2v) is 5.21. The van der Waals surface area contributed by atoms with Gasteiger partial charge < -0.3 is 24.8 Å². The van der Waals surface area contributed by atoms with E-state index in [0.717, 1.165) is 31.4 Å². The van der Waals surface area contributed by atoms with Crippen molar-refractivity contribution in [2.75, 3.05) is 27.9 Å². The molecule has 6 nitrogen and oxygen atoms in total. The molecule has 22 heavy (non-hydrogen) atoms. The average Bonchev–Trinajstić information content (AvgIpc) is 2.59. The fourth-order valence-electron chi connectivity index (χ4n) is 2.68. The largest absolute Gasteiger partial charge is 0.493 e. The summed E-state index contributed by atoms with van der Waals surface area (Å²) in [7, 11) is 4.72. The van der Waals surface area contributed by atoms with E-state index in [1.54, 1.807) is 21.3 Å². The average molecular weight is 308 g/mol. The standard InChI is InChI=1S/C16H24N2O4/c1-20-13-8-7-11(14(21-2)15(13)22-3)10-18-16(19)12-6-4-5-9-17-12/h7-8,12,17H,4-6,9-10H2,1-3H3,(H,18,19). The number of hydrogen-bond acceptors (Lipinski definition) is 5. The number of piperidine rings is 1. The van der Waals surface area contributed by atoms with Crippen LogP contribution in [0, 0.1) is 0 Å². The molecule has 1 aliphatic heterocycles. The molecule has 0 saturated carbocycles. The van der Waals surface area contributed by atoms with Crippen molar-refractivity contribution < 1.29 is 19.0 Å². The van der Waals surface area contributed by atoms with Gasteiger partial charge in [0.05, 0.1) is 27.4 Å². The molecule has 6 heteroatoms. The van der Waals surface area contributed by atoms with Crippen molar-refractivity contribution in [2.24, 2.45) is 0 Å². The summed E-state index contributed by atoms with van der Waals surface area (Å²) in [5.74, 6) is 1.74. The third-order valence-corrected chi connectivity index (χ3v) is 3.87. The number of nitrogens with one attached hydrogen (secondary N) is 2. The summed E-state index contributed by atoms with van der Waals surface area (Å²) >= 11 is 0. The molecule has 0 radical (unpaired) electrons. The normalized spacial score (nSPS) is 17.7. The Morgan fingerprint density at radius 3 is 2.55 bits per heavy atom. The molecular weight excluding hydrogens is 284 g/mol. The Bertz CT molecular complexity index is 513. The summed E-state index contributed by atoms with van der Waals surface area (Å²) in [5, 5.41) is 6.19. The smallest absolute Gasteiger partial charge is 0.237 e. The Morgan fingerprint density at radius 1 is 1.18 bits per heavy atom. The highest BCUT2D eigenvalue weighted by Crippen LogP contribution is 2.39. The number of benzene rings is 1. The summed E-state index contributed by atoms with van der Waals surface area (Å²) in [4.78, 5) is 12.2. The third kappa shape index (κ3) is 3.62. The van der Waals surface area contributed by atoms with Gasteiger partial charge in [-0.1, -0.05) is 6.42 Å². The predicted molar refractivity (Wildman–Crippen MR) is 83.6 cm³/mol. The van der Waals surface area contributed by atoms with Crippen LogP contribution in [0.2, 0.25) is 0 Å². The predicted octanol–water partition coefficient (Wildman–Crippen LogP) is 1.47. The van der Waals surface area contributed by atoms with E-state index in [1.807, 2.05) is 12.1 Å². The minimum absolute atomic E-state index is 0.0246. The number of ether oxygens (including phenoxy) is 3. The Labute approximate surface area is 131 Å². The molecule has 1 aromatic carbocycles. The lowest BCUT2D eigenvalue weighted by atomic mass is 10.0. The van der Waals surface area contributed by atoms with E-state index >= 15 is 0 Å². The van der Waals surface area contributed by atoms with Crippen LogP contribution in [0.4, 0.5) is 0 Å². The molecule has 1 heterocycles. The fraction of sp³-hybridized carbons (Fsp3) is 0.562. The molecule has 0 aromatic heterocycles. The van der Waals surface area contributed by atoms with E-state index in [4.69, 9.17) is 14.2 Å². The van der Waals surface area contributed by atoms with Crippen LogP contribution in [0.5, 0.6) is 17.2 Å². The van der Waals surface area contributed by atoms with Crippen LogP contribution < -0.4 is 24.8 Å². The number of methoxy groups -OCH3 is 3. The molecule has 1 aliphatic rings. The number of carbonyl (C=O) groups excluding carboxylic acids is 1. The summed E-state index contributed by atoms with van der Waals surface area (Å²) in [6.07, 6.45) is 3.10. The van der Waals surface area contributed by atoms with E-state index in [2.05, 4.69) is 10.6 Å². The molecule has 2 N–H and O–H groups in total. The lowest BCUT2D eigenvalue weighted by Gasteiger charge is -2.23. The number of carbonyl (C=O) groups is 1. The molecule has 122 valence electrons. The molecule has 1 saturated heterocycles. The first kappa shape index (κ1) is 16.4. The van der Waals surface area contributed by atoms with Crippen molar-refractivity contribution >= 4 is 5.91 Å². The molecule has 1 fully saturated rings. The van der Waals surface area contributed by atoms with Crippen molar-refractivity contribution in [1.29, 1.82) is 0 Å². The van der Waals surface area contributed by atoms with E-state index in [-0.39, 0.29) is 11.9 Å². The lowest BCUT2D eigenvalue weighted by Crippen LogP contribution is -2.46. The van der Waals surface area contributed by atoms with Gasteiger partial charge in [0.15, 0.2) is 11.5 Å². The highest BCUT2D eigenvalue weighted by Gasteiger charge is 2.21.